The molecular formula is C18H20N2O5. The summed E-state index contributed by atoms with van der Waals surface area (Å²) in [4.78, 5) is 39.9. The molecular weight excluding hydrogens is 324 g/mol. The number of carboxylic acid groups (broad SMARTS) is 1. The summed E-state index contributed by atoms with van der Waals surface area (Å²) >= 11 is 0. The van der Waals surface area contributed by atoms with Crippen LogP contribution in [0.5, 0.6) is 0 Å². The number of rotatable bonds is 7. The van der Waals surface area contributed by atoms with Crippen molar-refractivity contribution in [1.29, 1.82) is 0 Å². The molecule has 1 amide bonds. The summed E-state index contributed by atoms with van der Waals surface area (Å²) < 4.78 is 4.88. The van der Waals surface area contributed by atoms with E-state index in [1.165, 1.54) is 0 Å². The molecule has 7 nitrogen and oxygen atoms in total. The Morgan fingerprint density at radius 1 is 1.24 bits per heavy atom. The quantitative estimate of drug-likeness (QED) is 0.744. The highest BCUT2D eigenvalue weighted by molar-refractivity contribution is 6.06. The number of hydrogen-bond donors (Lipinski definition) is 2. The molecule has 2 aromatic rings. The summed E-state index contributed by atoms with van der Waals surface area (Å²) in [6.45, 7) is 3.46. The SMILES string of the molecule is CCOC(=O)[C@@H](C)C[C@H](NC(=O)c1cccc2cccnc12)C(=O)O. The van der Waals surface area contributed by atoms with Gasteiger partial charge in [0, 0.05) is 11.6 Å². The number of aliphatic carboxylic acids is 1. The van der Waals surface area contributed by atoms with Gasteiger partial charge in [-0.2, -0.15) is 0 Å². The van der Waals surface area contributed by atoms with Crippen molar-refractivity contribution < 1.29 is 24.2 Å². The Balaban J connectivity index is 2.17. The fraction of sp³-hybridized carbons (Fsp3) is 0.333. The topological polar surface area (TPSA) is 106 Å². The summed E-state index contributed by atoms with van der Waals surface area (Å²) in [6.07, 6.45) is 1.51. The van der Waals surface area contributed by atoms with E-state index < -0.39 is 29.8 Å². The van der Waals surface area contributed by atoms with Crippen LogP contribution >= 0.6 is 0 Å². The van der Waals surface area contributed by atoms with E-state index >= 15 is 0 Å². The van der Waals surface area contributed by atoms with Crippen LogP contribution in [-0.2, 0) is 14.3 Å². The molecule has 1 aromatic heterocycles. The Morgan fingerprint density at radius 3 is 2.64 bits per heavy atom. The van der Waals surface area contributed by atoms with Crippen LogP contribution in [0.1, 0.15) is 30.6 Å². The molecule has 1 aromatic carbocycles. The van der Waals surface area contributed by atoms with Crippen molar-refractivity contribution >= 4 is 28.7 Å². The molecule has 0 saturated carbocycles. The van der Waals surface area contributed by atoms with Crippen molar-refractivity contribution in [2.75, 3.05) is 6.61 Å². The molecule has 0 spiro atoms. The predicted octanol–water partition coefficient (Wildman–Crippen LogP) is 2.01. The second-order valence-corrected chi connectivity index (χ2v) is 5.63. The lowest BCUT2D eigenvalue weighted by molar-refractivity contribution is -0.148. The molecule has 132 valence electrons. The number of esters is 1. The third-order valence-electron chi connectivity index (χ3n) is 3.76. The third kappa shape index (κ3) is 4.53. The van der Waals surface area contributed by atoms with E-state index in [1.54, 1.807) is 38.2 Å². The minimum atomic E-state index is -1.21. The molecule has 0 bridgehead atoms. The second kappa shape index (κ2) is 8.23. The summed E-state index contributed by atoms with van der Waals surface area (Å²) in [5.41, 5.74) is 0.776. The first kappa shape index (κ1) is 18.4. The van der Waals surface area contributed by atoms with Crippen LogP contribution in [0.3, 0.4) is 0 Å². The molecule has 2 rings (SSSR count). The van der Waals surface area contributed by atoms with Gasteiger partial charge >= 0.3 is 11.9 Å². The van der Waals surface area contributed by atoms with Crippen LogP contribution in [-0.4, -0.2) is 40.6 Å². The van der Waals surface area contributed by atoms with Gasteiger partial charge in [-0.05, 0) is 25.5 Å². The van der Waals surface area contributed by atoms with Gasteiger partial charge in [-0.25, -0.2) is 4.79 Å². The molecule has 0 fully saturated rings. The number of hydrogen-bond acceptors (Lipinski definition) is 5. The van der Waals surface area contributed by atoms with E-state index in [2.05, 4.69) is 10.3 Å². The number of fused-ring (bicyclic) bond motifs is 1. The molecule has 1 heterocycles. The third-order valence-corrected chi connectivity index (χ3v) is 3.76. The molecule has 0 unspecified atom stereocenters. The molecule has 2 atom stereocenters. The van der Waals surface area contributed by atoms with Gasteiger partial charge in [0.15, 0.2) is 0 Å². The van der Waals surface area contributed by atoms with Gasteiger partial charge in [0.05, 0.1) is 23.6 Å². The van der Waals surface area contributed by atoms with Crippen molar-refractivity contribution in [3.8, 4) is 0 Å². The first-order valence-corrected chi connectivity index (χ1v) is 7.98. The minimum Gasteiger partial charge on any atom is -0.480 e. The molecule has 7 heteroatoms. The van der Waals surface area contributed by atoms with E-state index in [4.69, 9.17) is 4.74 Å². The van der Waals surface area contributed by atoms with Gasteiger partial charge in [-0.3, -0.25) is 14.6 Å². The first-order valence-electron chi connectivity index (χ1n) is 7.98. The predicted molar refractivity (Wildman–Crippen MR) is 91.0 cm³/mol. The number of nitrogens with zero attached hydrogens (tertiary/aromatic N) is 1. The largest absolute Gasteiger partial charge is 0.480 e. The molecule has 2 N–H and O–H groups in total. The zero-order chi connectivity index (χ0) is 18.4. The van der Waals surface area contributed by atoms with Crippen LogP contribution in [0.25, 0.3) is 10.9 Å². The number of amides is 1. The van der Waals surface area contributed by atoms with Gasteiger partial charge in [0.2, 0.25) is 0 Å². The van der Waals surface area contributed by atoms with Crippen LogP contribution < -0.4 is 5.32 Å². The van der Waals surface area contributed by atoms with Crippen LogP contribution in [0.4, 0.5) is 0 Å². The number of nitrogens with one attached hydrogen (secondary N) is 1. The van der Waals surface area contributed by atoms with Gasteiger partial charge in [-0.1, -0.05) is 25.1 Å². The van der Waals surface area contributed by atoms with Gasteiger partial charge in [-0.15, -0.1) is 0 Å². The zero-order valence-electron chi connectivity index (χ0n) is 14.1. The number of carbonyl (C=O) groups is 3. The van der Waals surface area contributed by atoms with Gasteiger partial charge < -0.3 is 15.2 Å². The van der Waals surface area contributed by atoms with Crippen LogP contribution in [0.2, 0.25) is 0 Å². The highest BCUT2D eigenvalue weighted by Crippen LogP contribution is 2.17. The Labute approximate surface area is 145 Å². The number of para-hydroxylation sites is 1. The van der Waals surface area contributed by atoms with E-state index in [9.17, 15) is 19.5 Å². The number of carbonyl (C=O) groups excluding carboxylic acids is 2. The van der Waals surface area contributed by atoms with Crippen molar-refractivity contribution in [3.05, 3.63) is 42.1 Å². The smallest absolute Gasteiger partial charge is 0.326 e. The van der Waals surface area contributed by atoms with Crippen LogP contribution in [0.15, 0.2) is 36.5 Å². The van der Waals surface area contributed by atoms with E-state index in [1.807, 2.05) is 12.1 Å². The fourth-order valence-corrected chi connectivity index (χ4v) is 2.48. The number of carboxylic acids is 1. The van der Waals surface area contributed by atoms with Crippen molar-refractivity contribution in [3.63, 3.8) is 0 Å². The summed E-state index contributed by atoms with van der Waals surface area (Å²) in [6, 6.07) is 7.47. The normalized spacial score (nSPS) is 13.0. The number of pyridine rings is 1. The Morgan fingerprint density at radius 2 is 1.96 bits per heavy atom. The summed E-state index contributed by atoms with van der Waals surface area (Å²) in [5.74, 6) is -2.90. The highest BCUT2D eigenvalue weighted by Gasteiger charge is 2.27. The maximum Gasteiger partial charge on any atom is 0.326 e. The lowest BCUT2D eigenvalue weighted by atomic mass is 10.0. The highest BCUT2D eigenvalue weighted by atomic mass is 16.5. The van der Waals surface area contributed by atoms with Crippen molar-refractivity contribution in [1.82, 2.24) is 10.3 Å². The maximum absolute atomic E-state index is 12.5. The van der Waals surface area contributed by atoms with Gasteiger partial charge in [0.25, 0.3) is 5.91 Å². The number of benzene rings is 1. The Bertz CT molecular complexity index is 785. The first-order chi connectivity index (χ1) is 11.9. The standard InChI is InChI=1S/C18H20N2O5/c1-3-25-18(24)11(2)10-14(17(22)23)20-16(21)13-8-4-6-12-7-5-9-19-15(12)13/h4-9,11,14H,3,10H2,1-2H3,(H,20,21)(H,22,23)/t11-,14-/m0/s1. The average molecular weight is 344 g/mol. The van der Waals surface area contributed by atoms with E-state index in [0.29, 0.717) is 5.52 Å². The molecule has 25 heavy (non-hydrogen) atoms. The molecule has 0 aliphatic rings. The van der Waals surface area contributed by atoms with Crippen molar-refractivity contribution in [2.45, 2.75) is 26.3 Å². The Kier molecular flexibility index (Phi) is 6.05. The summed E-state index contributed by atoms with van der Waals surface area (Å²) in [7, 11) is 0. The monoisotopic (exact) mass is 344 g/mol. The number of aromatic nitrogens is 1. The molecule has 0 aliphatic carbocycles. The lowest BCUT2D eigenvalue weighted by Crippen LogP contribution is -2.42. The Hall–Kier alpha value is -2.96. The average Bonchev–Trinajstić information content (AvgIpc) is 2.60. The van der Waals surface area contributed by atoms with Gasteiger partial charge in [0.1, 0.15) is 6.04 Å². The fourth-order valence-electron chi connectivity index (χ4n) is 2.48. The number of ether oxygens (including phenoxy) is 1. The maximum atomic E-state index is 12.5. The minimum absolute atomic E-state index is 0.0574. The van der Waals surface area contributed by atoms with Crippen LogP contribution in [0, 0.1) is 5.92 Å². The second-order valence-electron chi connectivity index (χ2n) is 5.63. The molecule has 0 saturated heterocycles. The molecule has 0 aliphatic heterocycles. The molecule has 0 radical (unpaired) electrons. The zero-order valence-corrected chi connectivity index (χ0v) is 14.1. The lowest BCUT2D eigenvalue weighted by Gasteiger charge is -2.18. The van der Waals surface area contributed by atoms with Crippen molar-refractivity contribution in [2.24, 2.45) is 5.92 Å². The van der Waals surface area contributed by atoms with E-state index in [-0.39, 0.29) is 18.6 Å². The summed E-state index contributed by atoms with van der Waals surface area (Å²) in [5, 5.41) is 12.6. The van der Waals surface area contributed by atoms with E-state index in [0.717, 1.165) is 5.39 Å².